The molecule has 5 rings (SSSR count). The predicted octanol–water partition coefficient (Wildman–Crippen LogP) is 5.66. The van der Waals surface area contributed by atoms with Crippen LogP contribution in [0.25, 0.3) is 22.0 Å². The highest BCUT2D eigenvalue weighted by Crippen LogP contribution is 2.33. The molecule has 0 aliphatic heterocycles. The van der Waals surface area contributed by atoms with Gasteiger partial charge in [-0.25, -0.2) is 0 Å². The summed E-state index contributed by atoms with van der Waals surface area (Å²) in [6.45, 7) is 0. The Labute approximate surface area is 143 Å². The molecule has 1 heterocycles. The van der Waals surface area contributed by atoms with Gasteiger partial charge in [-0.05, 0) is 97.2 Å². The molecule has 2 aliphatic carbocycles. The van der Waals surface area contributed by atoms with Crippen molar-refractivity contribution in [2.75, 3.05) is 0 Å². The molecule has 0 spiro atoms. The average molecular weight is 313 g/mol. The van der Waals surface area contributed by atoms with E-state index in [-0.39, 0.29) is 0 Å². The van der Waals surface area contributed by atoms with E-state index in [0.717, 1.165) is 5.69 Å². The third kappa shape index (κ3) is 2.34. The van der Waals surface area contributed by atoms with E-state index < -0.39 is 0 Å². The van der Waals surface area contributed by atoms with E-state index in [0.29, 0.717) is 0 Å². The normalized spacial score (nSPS) is 16.7. The van der Waals surface area contributed by atoms with Crippen molar-refractivity contribution in [3.63, 3.8) is 0 Å². The summed E-state index contributed by atoms with van der Waals surface area (Å²) in [7, 11) is 0. The van der Waals surface area contributed by atoms with E-state index >= 15 is 0 Å². The quantitative estimate of drug-likeness (QED) is 0.565. The van der Waals surface area contributed by atoms with Gasteiger partial charge in [0.1, 0.15) is 0 Å². The summed E-state index contributed by atoms with van der Waals surface area (Å²) in [5.41, 5.74) is 8.63. The number of hydrogen-bond acceptors (Lipinski definition) is 1. The van der Waals surface area contributed by atoms with Gasteiger partial charge in [0, 0.05) is 17.1 Å². The Bertz CT molecular complexity index is 923. The molecule has 0 radical (unpaired) electrons. The van der Waals surface area contributed by atoms with Gasteiger partial charge in [0.15, 0.2) is 0 Å². The van der Waals surface area contributed by atoms with E-state index in [1.54, 1.807) is 16.7 Å². The van der Waals surface area contributed by atoms with Gasteiger partial charge < -0.3 is 0 Å². The Balaban J connectivity index is 1.69. The molecule has 0 fully saturated rings. The Morgan fingerprint density at radius 3 is 2.08 bits per heavy atom. The van der Waals surface area contributed by atoms with Crippen molar-refractivity contribution < 1.29 is 0 Å². The summed E-state index contributed by atoms with van der Waals surface area (Å²) >= 11 is 0. The van der Waals surface area contributed by atoms with Gasteiger partial charge in [-0.15, -0.1) is 0 Å². The molecule has 0 saturated carbocycles. The first-order valence-corrected chi connectivity index (χ1v) is 9.41. The molecule has 1 heteroatoms. The molecule has 24 heavy (non-hydrogen) atoms. The Hall–Kier alpha value is -2.15. The van der Waals surface area contributed by atoms with Gasteiger partial charge >= 0.3 is 0 Å². The second-order valence-electron chi connectivity index (χ2n) is 7.40. The first-order valence-electron chi connectivity index (χ1n) is 9.41. The van der Waals surface area contributed by atoms with Crippen molar-refractivity contribution in [1.29, 1.82) is 0 Å². The summed E-state index contributed by atoms with van der Waals surface area (Å²) in [5, 5.41) is 2.67. The second kappa shape index (κ2) is 5.73. The van der Waals surface area contributed by atoms with Crippen LogP contribution in [0, 0.1) is 0 Å². The van der Waals surface area contributed by atoms with Gasteiger partial charge in [-0.2, -0.15) is 0 Å². The van der Waals surface area contributed by atoms with Crippen molar-refractivity contribution in [1.82, 2.24) is 4.98 Å². The molecular weight excluding hydrogens is 290 g/mol. The lowest BCUT2D eigenvalue weighted by molar-refractivity contribution is 0.686. The van der Waals surface area contributed by atoms with E-state index in [2.05, 4.69) is 36.4 Å². The highest BCUT2D eigenvalue weighted by molar-refractivity contribution is 5.95. The lowest BCUT2D eigenvalue weighted by Gasteiger charge is -2.19. The molecule has 3 aromatic rings. The van der Waals surface area contributed by atoms with Crippen LogP contribution in [0.3, 0.4) is 0 Å². The zero-order valence-corrected chi connectivity index (χ0v) is 14.1. The number of aromatic nitrogens is 1. The number of benzene rings is 2. The number of rotatable bonds is 1. The number of hydrogen-bond donors (Lipinski definition) is 0. The lowest BCUT2D eigenvalue weighted by atomic mass is 9.87. The smallest absolute Gasteiger partial charge is 0.0780 e. The topological polar surface area (TPSA) is 12.9 Å². The highest BCUT2D eigenvalue weighted by atomic mass is 14.7. The minimum Gasteiger partial charge on any atom is -0.256 e. The Morgan fingerprint density at radius 2 is 1.29 bits per heavy atom. The summed E-state index contributed by atoms with van der Waals surface area (Å²) in [6, 6.07) is 14.0. The van der Waals surface area contributed by atoms with Gasteiger partial charge in [-0.1, -0.05) is 18.2 Å². The molecule has 2 aromatic carbocycles. The number of fused-ring (bicyclic) bond motifs is 3. The predicted molar refractivity (Wildman–Crippen MR) is 100 cm³/mol. The molecule has 0 saturated heterocycles. The zero-order chi connectivity index (χ0) is 15.9. The van der Waals surface area contributed by atoms with E-state index in [4.69, 9.17) is 4.98 Å². The van der Waals surface area contributed by atoms with Gasteiger partial charge in [0.25, 0.3) is 0 Å². The average Bonchev–Trinajstić information content (AvgIpc) is 2.65. The van der Waals surface area contributed by atoms with Crippen molar-refractivity contribution in [2.45, 2.75) is 51.4 Å². The molecule has 0 unspecified atom stereocenters. The second-order valence-corrected chi connectivity index (χ2v) is 7.40. The van der Waals surface area contributed by atoms with E-state index in [9.17, 15) is 0 Å². The maximum Gasteiger partial charge on any atom is 0.0780 e. The molecule has 1 nitrogen and oxygen atoms in total. The largest absolute Gasteiger partial charge is 0.256 e. The minimum atomic E-state index is 1.16. The van der Waals surface area contributed by atoms with Crippen molar-refractivity contribution in [3.05, 3.63) is 64.8 Å². The molecule has 0 bridgehead atoms. The maximum atomic E-state index is 4.77. The summed E-state index contributed by atoms with van der Waals surface area (Å²) in [5.74, 6) is 0. The zero-order valence-electron chi connectivity index (χ0n) is 14.1. The van der Waals surface area contributed by atoms with Gasteiger partial charge in [0.2, 0.25) is 0 Å². The number of nitrogens with zero attached hydrogens (tertiary/aromatic N) is 1. The molecule has 1 aromatic heterocycles. The van der Waals surface area contributed by atoms with E-state index in [1.165, 1.54) is 73.3 Å². The third-order valence-corrected chi connectivity index (χ3v) is 5.85. The fourth-order valence-corrected chi connectivity index (χ4v) is 4.52. The molecular formula is C23H23N. The van der Waals surface area contributed by atoms with Crippen LogP contribution in [0.15, 0.2) is 42.6 Å². The van der Waals surface area contributed by atoms with Crippen LogP contribution >= 0.6 is 0 Å². The standard InChI is InChI=1S/C23H23N/c1-2-6-17-14-21(10-9-16(17)5-1)23-22-15-19-8-4-3-7-18(19)13-20(22)11-12-24-23/h9-15H,1-8H2. The minimum absolute atomic E-state index is 1.16. The molecule has 120 valence electrons. The van der Waals surface area contributed by atoms with Crippen LogP contribution < -0.4 is 0 Å². The van der Waals surface area contributed by atoms with Crippen molar-refractivity contribution in [2.24, 2.45) is 0 Å². The fourth-order valence-electron chi connectivity index (χ4n) is 4.52. The van der Waals surface area contributed by atoms with Crippen LogP contribution in [0.4, 0.5) is 0 Å². The van der Waals surface area contributed by atoms with Crippen LogP contribution in [-0.2, 0) is 25.7 Å². The first-order chi connectivity index (χ1) is 11.9. The maximum absolute atomic E-state index is 4.77. The van der Waals surface area contributed by atoms with Crippen LogP contribution in [-0.4, -0.2) is 4.98 Å². The van der Waals surface area contributed by atoms with Crippen LogP contribution in [0.2, 0.25) is 0 Å². The number of pyridine rings is 1. The monoisotopic (exact) mass is 313 g/mol. The van der Waals surface area contributed by atoms with Gasteiger partial charge in [0.05, 0.1) is 5.69 Å². The van der Waals surface area contributed by atoms with E-state index in [1.807, 2.05) is 6.20 Å². The fraction of sp³-hybridized carbons (Fsp3) is 0.348. The van der Waals surface area contributed by atoms with Crippen LogP contribution in [0.1, 0.15) is 47.9 Å². The van der Waals surface area contributed by atoms with Crippen LogP contribution in [0.5, 0.6) is 0 Å². The highest BCUT2D eigenvalue weighted by Gasteiger charge is 2.15. The molecule has 2 aliphatic rings. The van der Waals surface area contributed by atoms with Crippen molar-refractivity contribution >= 4 is 10.8 Å². The summed E-state index contributed by atoms with van der Waals surface area (Å²) < 4.78 is 0. The third-order valence-electron chi connectivity index (χ3n) is 5.85. The Kier molecular flexibility index (Phi) is 3.40. The van der Waals surface area contributed by atoms with Crippen molar-refractivity contribution in [3.8, 4) is 11.3 Å². The Morgan fingerprint density at radius 1 is 0.625 bits per heavy atom. The molecule has 0 atom stereocenters. The molecule has 0 amide bonds. The summed E-state index contributed by atoms with van der Waals surface area (Å²) in [6.07, 6.45) is 12.2. The number of aryl methyl sites for hydroxylation is 4. The SMILES string of the molecule is c1cc2cc3c(cc2c(-c2ccc4c(c2)CCCC4)n1)CCCC3. The molecule has 0 N–H and O–H groups in total. The first kappa shape index (κ1) is 14.2. The lowest BCUT2D eigenvalue weighted by Crippen LogP contribution is -2.04. The summed E-state index contributed by atoms with van der Waals surface area (Å²) in [4.78, 5) is 4.77. The van der Waals surface area contributed by atoms with Gasteiger partial charge in [-0.3, -0.25) is 4.98 Å².